The van der Waals surface area contributed by atoms with Crippen LogP contribution in [0.4, 0.5) is 8.78 Å². The van der Waals surface area contributed by atoms with Crippen LogP contribution < -0.4 is 4.74 Å². The monoisotopic (exact) mass is 376 g/mol. The van der Waals surface area contributed by atoms with E-state index in [2.05, 4.69) is 37.5 Å². The smallest absolute Gasteiger partial charge is 0.387 e. The van der Waals surface area contributed by atoms with Gasteiger partial charge in [0.1, 0.15) is 5.75 Å². The van der Waals surface area contributed by atoms with Crippen molar-refractivity contribution in [1.82, 2.24) is 9.80 Å². The van der Waals surface area contributed by atoms with Gasteiger partial charge < -0.3 is 14.5 Å². The van der Waals surface area contributed by atoms with E-state index >= 15 is 0 Å². The molecule has 1 fully saturated rings. The molecule has 0 aromatic heterocycles. The van der Waals surface area contributed by atoms with E-state index in [4.69, 9.17) is 0 Å². The Bertz CT molecular complexity index is 487. The van der Waals surface area contributed by atoms with Crippen molar-refractivity contribution in [1.29, 1.82) is 0 Å². The summed E-state index contributed by atoms with van der Waals surface area (Å²) >= 11 is 3.39. The second-order valence-electron chi connectivity index (χ2n) is 6.10. The van der Waals surface area contributed by atoms with Crippen molar-refractivity contribution in [2.24, 2.45) is 5.92 Å². The molecular weight excluding hydrogens is 354 g/mol. The number of hydrogen-bond acceptors (Lipinski definition) is 3. The molecule has 0 spiro atoms. The number of hydrogen-bond donors (Lipinski definition) is 0. The fourth-order valence-corrected chi connectivity index (χ4v) is 3.51. The molecule has 0 bridgehead atoms. The molecule has 1 heterocycles. The maximum Gasteiger partial charge on any atom is 0.387 e. The topological polar surface area (TPSA) is 15.7 Å². The molecule has 0 aliphatic carbocycles. The van der Waals surface area contributed by atoms with Gasteiger partial charge >= 0.3 is 6.61 Å². The normalized spacial score (nSPS) is 19.9. The maximum atomic E-state index is 12.5. The van der Waals surface area contributed by atoms with E-state index < -0.39 is 6.61 Å². The lowest BCUT2D eigenvalue weighted by molar-refractivity contribution is -0.0507. The van der Waals surface area contributed by atoms with E-state index in [1.165, 1.54) is 12.8 Å². The molecule has 1 aliphatic rings. The van der Waals surface area contributed by atoms with Gasteiger partial charge in [-0.15, -0.1) is 0 Å². The number of piperidine rings is 1. The Balaban J connectivity index is 1.97. The Morgan fingerprint density at radius 1 is 1.45 bits per heavy atom. The summed E-state index contributed by atoms with van der Waals surface area (Å²) in [4.78, 5) is 4.54. The molecule has 0 N–H and O–H groups in total. The molecule has 1 aliphatic heterocycles. The molecule has 6 heteroatoms. The van der Waals surface area contributed by atoms with Crippen LogP contribution in [0.1, 0.15) is 18.4 Å². The van der Waals surface area contributed by atoms with Crippen LogP contribution in [0, 0.1) is 5.92 Å². The molecule has 124 valence electrons. The van der Waals surface area contributed by atoms with E-state index in [0.29, 0.717) is 12.5 Å². The zero-order valence-corrected chi connectivity index (χ0v) is 14.7. The number of halogens is 3. The molecule has 0 saturated carbocycles. The van der Waals surface area contributed by atoms with Gasteiger partial charge in [-0.2, -0.15) is 8.78 Å². The third-order valence-corrected chi connectivity index (χ3v) is 4.46. The van der Waals surface area contributed by atoms with E-state index in [0.717, 1.165) is 29.7 Å². The minimum absolute atomic E-state index is 0.255. The van der Waals surface area contributed by atoms with Crippen molar-refractivity contribution in [3.8, 4) is 5.75 Å². The number of nitrogens with zero attached hydrogens (tertiary/aromatic N) is 2. The van der Waals surface area contributed by atoms with E-state index in [1.54, 1.807) is 12.1 Å². The fraction of sp³-hybridized carbons (Fsp3) is 0.625. The highest BCUT2D eigenvalue weighted by Crippen LogP contribution is 2.26. The summed E-state index contributed by atoms with van der Waals surface area (Å²) < 4.78 is 30.5. The van der Waals surface area contributed by atoms with Crippen LogP contribution in [0.25, 0.3) is 0 Å². The van der Waals surface area contributed by atoms with Crippen molar-refractivity contribution < 1.29 is 13.5 Å². The third-order valence-electron chi connectivity index (χ3n) is 3.97. The molecule has 1 saturated heterocycles. The van der Waals surface area contributed by atoms with E-state index in [9.17, 15) is 8.78 Å². The summed E-state index contributed by atoms with van der Waals surface area (Å²) in [6.45, 7) is 1.03. The first-order valence-electron chi connectivity index (χ1n) is 7.54. The number of rotatable bonds is 6. The van der Waals surface area contributed by atoms with Gasteiger partial charge in [0, 0.05) is 29.7 Å². The number of ether oxygens (including phenoxy) is 1. The summed E-state index contributed by atoms with van der Waals surface area (Å²) in [5.41, 5.74) is 0.779. The lowest BCUT2D eigenvalue weighted by Gasteiger charge is -2.32. The minimum Gasteiger partial charge on any atom is -0.434 e. The van der Waals surface area contributed by atoms with Crippen LogP contribution in [0.15, 0.2) is 22.7 Å². The summed E-state index contributed by atoms with van der Waals surface area (Å²) in [5, 5.41) is 0. The molecule has 1 unspecified atom stereocenters. The lowest BCUT2D eigenvalue weighted by Crippen LogP contribution is -2.37. The van der Waals surface area contributed by atoms with Crippen molar-refractivity contribution in [3.05, 3.63) is 28.2 Å². The largest absolute Gasteiger partial charge is 0.434 e. The van der Waals surface area contributed by atoms with Gasteiger partial charge in [0.15, 0.2) is 0 Å². The average molecular weight is 377 g/mol. The maximum absolute atomic E-state index is 12.5. The van der Waals surface area contributed by atoms with Crippen LogP contribution >= 0.6 is 15.9 Å². The Labute approximate surface area is 139 Å². The summed E-state index contributed by atoms with van der Waals surface area (Å²) in [5.74, 6) is 0.890. The van der Waals surface area contributed by atoms with E-state index in [1.807, 2.05) is 13.1 Å². The molecule has 1 atom stereocenters. The highest BCUT2D eigenvalue weighted by molar-refractivity contribution is 9.10. The third kappa shape index (κ3) is 5.48. The van der Waals surface area contributed by atoms with Crippen LogP contribution in [-0.2, 0) is 6.54 Å². The molecule has 2 rings (SSSR count). The molecule has 0 radical (unpaired) electrons. The van der Waals surface area contributed by atoms with Crippen molar-refractivity contribution in [3.63, 3.8) is 0 Å². The van der Waals surface area contributed by atoms with Gasteiger partial charge in [-0.05, 0) is 57.6 Å². The first kappa shape index (κ1) is 17.6. The van der Waals surface area contributed by atoms with Crippen LogP contribution in [0.3, 0.4) is 0 Å². The molecule has 1 aromatic rings. The number of likely N-dealkylation sites (tertiary alicyclic amines) is 1. The molecule has 1 aromatic carbocycles. The van der Waals surface area contributed by atoms with E-state index in [-0.39, 0.29) is 5.75 Å². The molecule has 22 heavy (non-hydrogen) atoms. The highest BCUT2D eigenvalue weighted by atomic mass is 79.9. The van der Waals surface area contributed by atoms with Gasteiger partial charge in [0.2, 0.25) is 0 Å². The second kappa shape index (κ2) is 8.22. The quantitative estimate of drug-likeness (QED) is 0.750. The lowest BCUT2D eigenvalue weighted by atomic mass is 9.98. The minimum atomic E-state index is -2.79. The fourth-order valence-electron chi connectivity index (χ4n) is 3.10. The van der Waals surface area contributed by atoms with Crippen LogP contribution in [-0.4, -0.2) is 50.1 Å². The van der Waals surface area contributed by atoms with Crippen molar-refractivity contribution in [2.45, 2.75) is 26.0 Å². The Morgan fingerprint density at radius 3 is 2.91 bits per heavy atom. The first-order chi connectivity index (χ1) is 10.4. The molecule has 0 amide bonds. The van der Waals surface area contributed by atoms with Gasteiger partial charge in [0.05, 0.1) is 0 Å². The Kier molecular flexibility index (Phi) is 6.59. The second-order valence-corrected chi connectivity index (χ2v) is 7.01. The van der Waals surface area contributed by atoms with Crippen molar-refractivity contribution >= 4 is 15.9 Å². The standard InChI is InChI=1S/C16H23BrF2N2O/c1-20-7-3-4-12(9-20)10-21(2)11-13-8-14(17)5-6-15(13)22-16(18)19/h5-6,8,12,16H,3-4,7,9-11H2,1-2H3. The summed E-state index contributed by atoms with van der Waals surface area (Å²) in [6.07, 6.45) is 2.46. The zero-order valence-electron chi connectivity index (χ0n) is 13.1. The van der Waals surface area contributed by atoms with Crippen LogP contribution in [0.2, 0.25) is 0 Å². The van der Waals surface area contributed by atoms with Gasteiger partial charge in [-0.25, -0.2) is 0 Å². The average Bonchev–Trinajstić information content (AvgIpc) is 2.41. The van der Waals surface area contributed by atoms with Gasteiger partial charge in [0.25, 0.3) is 0 Å². The van der Waals surface area contributed by atoms with Crippen LogP contribution in [0.5, 0.6) is 5.75 Å². The molecule has 3 nitrogen and oxygen atoms in total. The predicted molar refractivity (Wildman–Crippen MR) is 87.3 cm³/mol. The van der Waals surface area contributed by atoms with Crippen molar-refractivity contribution in [2.75, 3.05) is 33.7 Å². The SMILES string of the molecule is CN1CCCC(CN(C)Cc2cc(Br)ccc2OC(F)F)C1. The van der Waals surface area contributed by atoms with Gasteiger partial charge in [-0.1, -0.05) is 15.9 Å². The first-order valence-corrected chi connectivity index (χ1v) is 8.33. The zero-order chi connectivity index (χ0) is 16.1. The number of alkyl halides is 2. The van der Waals surface area contributed by atoms with Gasteiger partial charge in [-0.3, -0.25) is 0 Å². The summed E-state index contributed by atoms with van der Waals surface area (Å²) in [7, 11) is 4.18. The number of benzene rings is 1. The predicted octanol–water partition coefficient (Wildman–Crippen LogP) is 3.82. The Morgan fingerprint density at radius 2 is 2.23 bits per heavy atom. The summed E-state index contributed by atoms with van der Waals surface area (Å²) in [6, 6.07) is 5.16. The Hall–Kier alpha value is -0.720. The highest BCUT2D eigenvalue weighted by Gasteiger charge is 2.19. The molecular formula is C16H23BrF2N2O.